The molecule has 1 heterocycles. The number of carbonyl (C=O) groups is 1. The third-order valence-electron chi connectivity index (χ3n) is 4.20. The summed E-state index contributed by atoms with van der Waals surface area (Å²) in [4.78, 5) is 25.3. The van der Waals surface area contributed by atoms with Crippen LogP contribution in [0, 0.1) is 24.0 Å². The fourth-order valence-corrected chi connectivity index (χ4v) is 3.35. The summed E-state index contributed by atoms with van der Waals surface area (Å²) in [5.74, 6) is -0.197. The summed E-state index contributed by atoms with van der Waals surface area (Å²) in [5.41, 5.74) is 3.89. The monoisotopic (exact) mass is 374 g/mol. The Morgan fingerprint density at radius 1 is 1.22 bits per heavy atom. The van der Waals surface area contributed by atoms with E-state index in [1.165, 1.54) is 11.0 Å². The Morgan fingerprint density at radius 2 is 1.96 bits per heavy atom. The van der Waals surface area contributed by atoms with Gasteiger partial charge in [-0.1, -0.05) is 22.0 Å². The number of amides is 1. The summed E-state index contributed by atoms with van der Waals surface area (Å²) in [6.45, 7) is 4.39. The number of carbonyl (C=O) groups excluding carboxylic acids is 1. The molecule has 0 fully saturated rings. The molecule has 0 spiro atoms. The number of hydrogen-bond donors (Lipinski definition) is 0. The topological polar surface area (TPSA) is 63.5 Å². The normalized spacial score (nSPS) is 13.1. The summed E-state index contributed by atoms with van der Waals surface area (Å²) in [6, 6.07) is 8.80. The standard InChI is InChI=1S/C17H15BrN2O3/c1-10-3-4-13(7-11(10)2)17(21)19-6-5-12-8-14(18)9-15(16(12)19)20(22)23/h3-4,7-9H,5-6H2,1-2H3. The van der Waals surface area contributed by atoms with Gasteiger partial charge in [0.05, 0.1) is 4.92 Å². The quantitative estimate of drug-likeness (QED) is 0.585. The lowest BCUT2D eigenvalue weighted by molar-refractivity contribution is -0.384. The van der Waals surface area contributed by atoms with E-state index in [1.54, 1.807) is 6.07 Å². The maximum atomic E-state index is 12.8. The number of benzene rings is 2. The lowest BCUT2D eigenvalue weighted by Crippen LogP contribution is -2.29. The van der Waals surface area contributed by atoms with Gasteiger partial charge in [0.2, 0.25) is 0 Å². The molecule has 118 valence electrons. The highest BCUT2D eigenvalue weighted by atomic mass is 79.9. The lowest BCUT2D eigenvalue weighted by Gasteiger charge is -2.18. The molecule has 0 aromatic heterocycles. The molecule has 0 aliphatic carbocycles. The van der Waals surface area contributed by atoms with Crippen molar-refractivity contribution in [2.75, 3.05) is 11.4 Å². The number of nitrogens with zero attached hydrogens (tertiary/aromatic N) is 2. The van der Waals surface area contributed by atoms with Crippen LogP contribution in [0.25, 0.3) is 0 Å². The predicted octanol–water partition coefficient (Wildman–Crippen LogP) is 4.18. The molecule has 23 heavy (non-hydrogen) atoms. The molecule has 0 saturated carbocycles. The Kier molecular flexibility index (Phi) is 3.93. The van der Waals surface area contributed by atoms with Gasteiger partial charge in [-0.05, 0) is 55.2 Å². The van der Waals surface area contributed by atoms with E-state index >= 15 is 0 Å². The molecule has 0 N–H and O–H groups in total. The number of aryl methyl sites for hydroxylation is 2. The second-order valence-corrected chi connectivity index (χ2v) is 6.61. The molecule has 3 rings (SSSR count). The van der Waals surface area contributed by atoms with Crippen LogP contribution in [0.1, 0.15) is 27.0 Å². The van der Waals surface area contributed by atoms with Crippen LogP contribution in [0.4, 0.5) is 11.4 Å². The van der Waals surface area contributed by atoms with Gasteiger partial charge < -0.3 is 4.90 Å². The average molecular weight is 375 g/mol. The van der Waals surface area contributed by atoms with Crippen LogP contribution in [0.5, 0.6) is 0 Å². The van der Waals surface area contributed by atoms with Crippen molar-refractivity contribution in [3.05, 3.63) is 67.2 Å². The molecular formula is C17H15BrN2O3. The highest BCUT2D eigenvalue weighted by Gasteiger charge is 2.33. The van der Waals surface area contributed by atoms with Gasteiger partial charge in [-0.2, -0.15) is 0 Å². The number of hydrogen-bond acceptors (Lipinski definition) is 3. The lowest BCUT2D eigenvalue weighted by atomic mass is 10.1. The van der Waals surface area contributed by atoms with Crippen molar-refractivity contribution in [3.8, 4) is 0 Å². The maximum absolute atomic E-state index is 12.8. The fourth-order valence-electron chi connectivity index (χ4n) is 2.86. The number of anilines is 1. The Labute approximate surface area is 142 Å². The molecule has 2 aromatic carbocycles. The molecule has 0 atom stereocenters. The number of fused-ring (bicyclic) bond motifs is 1. The first kappa shape index (κ1) is 15.7. The van der Waals surface area contributed by atoms with Gasteiger partial charge in [0, 0.05) is 22.6 Å². The Balaban J connectivity index is 2.06. The third kappa shape index (κ3) is 2.74. The second kappa shape index (κ2) is 5.77. The van der Waals surface area contributed by atoms with Gasteiger partial charge in [0.1, 0.15) is 5.69 Å². The van der Waals surface area contributed by atoms with E-state index in [-0.39, 0.29) is 11.6 Å². The highest BCUT2D eigenvalue weighted by Crippen LogP contribution is 2.40. The number of nitro groups is 1. The van der Waals surface area contributed by atoms with Crippen LogP contribution >= 0.6 is 15.9 Å². The van der Waals surface area contributed by atoms with Crippen molar-refractivity contribution in [3.63, 3.8) is 0 Å². The van der Waals surface area contributed by atoms with E-state index in [0.717, 1.165) is 16.7 Å². The molecule has 1 aliphatic heterocycles. The zero-order chi connectivity index (χ0) is 16.7. The van der Waals surface area contributed by atoms with Crippen LogP contribution in [-0.4, -0.2) is 17.4 Å². The van der Waals surface area contributed by atoms with Crippen molar-refractivity contribution in [1.29, 1.82) is 0 Å². The van der Waals surface area contributed by atoms with Crippen molar-refractivity contribution < 1.29 is 9.72 Å². The smallest absolute Gasteiger partial charge is 0.294 e. The minimum Gasteiger partial charge on any atom is -0.302 e. The van der Waals surface area contributed by atoms with Crippen LogP contribution in [0.3, 0.4) is 0 Å². The number of nitro benzene ring substituents is 1. The van der Waals surface area contributed by atoms with Gasteiger partial charge in [-0.15, -0.1) is 0 Å². The van der Waals surface area contributed by atoms with E-state index in [1.807, 2.05) is 32.0 Å². The number of rotatable bonds is 2. The summed E-state index contributed by atoms with van der Waals surface area (Å²) < 4.78 is 0.656. The van der Waals surface area contributed by atoms with E-state index < -0.39 is 4.92 Å². The number of halogens is 1. The van der Waals surface area contributed by atoms with E-state index in [0.29, 0.717) is 28.7 Å². The minimum atomic E-state index is -0.435. The zero-order valence-corrected chi connectivity index (χ0v) is 14.4. The molecular weight excluding hydrogens is 360 g/mol. The molecule has 0 unspecified atom stereocenters. The maximum Gasteiger partial charge on any atom is 0.294 e. The molecule has 5 nitrogen and oxygen atoms in total. The van der Waals surface area contributed by atoms with E-state index in [4.69, 9.17) is 0 Å². The summed E-state index contributed by atoms with van der Waals surface area (Å²) in [6.07, 6.45) is 0.617. The summed E-state index contributed by atoms with van der Waals surface area (Å²) >= 11 is 3.30. The first-order chi connectivity index (χ1) is 10.9. The van der Waals surface area contributed by atoms with Crippen LogP contribution in [0.15, 0.2) is 34.8 Å². The van der Waals surface area contributed by atoms with Crippen molar-refractivity contribution in [2.45, 2.75) is 20.3 Å². The third-order valence-corrected chi connectivity index (χ3v) is 4.66. The SMILES string of the molecule is Cc1ccc(C(=O)N2CCc3cc(Br)cc([N+](=O)[O-])c32)cc1C. The average Bonchev–Trinajstić information content (AvgIpc) is 2.91. The van der Waals surface area contributed by atoms with Gasteiger partial charge in [-0.3, -0.25) is 14.9 Å². The Bertz CT molecular complexity index is 833. The van der Waals surface area contributed by atoms with Crippen molar-refractivity contribution in [1.82, 2.24) is 0 Å². The molecule has 2 aromatic rings. The first-order valence-corrected chi connectivity index (χ1v) is 8.03. The predicted molar refractivity (Wildman–Crippen MR) is 92.1 cm³/mol. The second-order valence-electron chi connectivity index (χ2n) is 5.70. The van der Waals surface area contributed by atoms with Crippen LogP contribution < -0.4 is 4.90 Å². The molecule has 0 radical (unpaired) electrons. The Hall–Kier alpha value is -2.21. The molecule has 0 bridgehead atoms. The first-order valence-electron chi connectivity index (χ1n) is 7.24. The van der Waals surface area contributed by atoms with E-state index in [9.17, 15) is 14.9 Å². The van der Waals surface area contributed by atoms with Crippen LogP contribution in [-0.2, 0) is 6.42 Å². The molecule has 6 heteroatoms. The zero-order valence-electron chi connectivity index (χ0n) is 12.8. The molecule has 1 aliphatic rings. The minimum absolute atomic E-state index is 0.0379. The van der Waals surface area contributed by atoms with Crippen molar-refractivity contribution >= 4 is 33.2 Å². The van der Waals surface area contributed by atoms with Gasteiger partial charge in [0.25, 0.3) is 11.6 Å². The summed E-state index contributed by atoms with van der Waals surface area (Å²) in [5, 5.41) is 11.4. The molecule has 1 amide bonds. The van der Waals surface area contributed by atoms with Gasteiger partial charge in [0.15, 0.2) is 0 Å². The molecule has 0 saturated heterocycles. The highest BCUT2D eigenvalue weighted by molar-refractivity contribution is 9.10. The van der Waals surface area contributed by atoms with Crippen molar-refractivity contribution in [2.24, 2.45) is 0 Å². The van der Waals surface area contributed by atoms with Gasteiger partial charge in [-0.25, -0.2) is 0 Å². The van der Waals surface area contributed by atoms with Crippen LogP contribution in [0.2, 0.25) is 0 Å². The van der Waals surface area contributed by atoms with Gasteiger partial charge >= 0.3 is 0 Å². The summed E-state index contributed by atoms with van der Waals surface area (Å²) in [7, 11) is 0. The Morgan fingerprint density at radius 3 is 2.61 bits per heavy atom. The fraction of sp³-hybridized carbons (Fsp3) is 0.235. The largest absolute Gasteiger partial charge is 0.302 e. The van der Waals surface area contributed by atoms with E-state index in [2.05, 4.69) is 15.9 Å².